The Morgan fingerprint density at radius 2 is 2.11 bits per heavy atom. The smallest absolute Gasteiger partial charge is 0.288 e. The van der Waals surface area contributed by atoms with Crippen LogP contribution in [0, 0.1) is 0 Å². The molecule has 96 valence electrons. The van der Waals surface area contributed by atoms with Crippen molar-refractivity contribution in [3.05, 3.63) is 16.1 Å². The van der Waals surface area contributed by atoms with Gasteiger partial charge in [0.2, 0.25) is 11.8 Å². The van der Waals surface area contributed by atoms with Crippen molar-refractivity contribution in [3.63, 3.8) is 0 Å². The van der Waals surface area contributed by atoms with Gasteiger partial charge in [-0.1, -0.05) is 0 Å². The van der Waals surface area contributed by atoms with E-state index in [9.17, 15) is 14.4 Å². The number of aromatic nitrogens is 1. The molecule has 1 saturated heterocycles. The Hall–Kier alpha value is -1.80. The predicted molar refractivity (Wildman–Crippen MR) is 63.2 cm³/mol. The highest BCUT2D eigenvalue weighted by molar-refractivity contribution is 7.11. The van der Waals surface area contributed by atoms with Crippen LogP contribution in [0.15, 0.2) is 5.38 Å². The summed E-state index contributed by atoms with van der Waals surface area (Å²) in [5, 5.41) is 1.85. The van der Waals surface area contributed by atoms with E-state index in [1.165, 1.54) is 4.90 Å². The van der Waals surface area contributed by atoms with Crippen LogP contribution in [0.4, 0.5) is 0 Å². The zero-order chi connectivity index (χ0) is 13.1. The SMILES string of the molecule is NNC(=O)c1nc(CN2C(=O)CCCC2=O)cs1. The minimum absolute atomic E-state index is 0.117. The number of nitrogen functional groups attached to an aromatic ring is 1. The van der Waals surface area contributed by atoms with E-state index in [1.807, 2.05) is 5.43 Å². The molecule has 2 heterocycles. The maximum absolute atomic E-state index is 11.6. The molecule has 8 heteroatoms. The molecule has 0 saturated carbocycles. The largest absolute Gasteiger partial charge is 0.294 e. The Morgan fingerprint density at radius 1 is 1.44 bits per heavy atom. The molecule has 1 fully saturated rings. The molecule has 7 nitrogen and oxygen atoms in total. The molecule has 2 rings (SSSR count). The summed E-state index contributed by atoms with van der Waals surface area (Å²) in [6.07, 6.45) is 1.37. The van der Waals surface area contributed by atoms with Crippen molar-refractivity contribution < 1.29 is 14.4 Å². The zero-order valence-corrected chi connectivity index (χ0v) is 10.3. The first-order chi connectivity index (χ1) is 8.61. The number of hydrogen-bond donors (Lipinski definition) is 2. The van der Waals surface area contributed by atoms with Crippen LogP contribution in [0.2, 0.25) is 0 Å². The zero-order valence-electron chi connectivity index (χ0n) is 9.51. The topological polar surface area (TPSA) is 105 Å². The number of nitrogens with zero attached hydrogens (tertiary/aromatic N) is 2. The molecular formula is C10H12N4O3S. The molecule has 0 aromatic carbocycles. The number of carbonyl (C=O) groups is 3. The second-order valence-corrected chi connectivity index (χ2v) is 4.70. The Labute approximate surface area is 107 Å². The van der Waals surface area contributed by atoms with Gasteiger partial charge in [0, 0.05) is 18.2 Å². The number of thiazole rings is 1. The normalized spacial score (nSPS) is 15.9. The molecule has 0 atom stereocenters. The van der Waals surface area contributed by atoms with Crippen LogP contribution in [0.25, 0.3) is 0 Å². The summed E-state index contributed by atoms with van der Waals surface area (Å²) in [6.45, 7) is 0.117. The number of nitrogens with one attached hydrogen (secondary N) is 1. The molecule has 3 amide bonds. The summed E-state index contributed by atoms with van der Waals surface area (Å²) in [7, 11) is 0. The monoisotopic (exact) mass is 268 g/mol. The molecule has 0 spiro atoms. The third kappa shape index (κ3) is 2.54. The standard InChI is InChI=1S/C10H12N4O3S/c11-13-9(17)10-12-6(5-18-10)4-14-7(15)2-1-3-8(14)16/h5H,1-4,11H2,(H,13,17). The van der Waals surface area contributed by atoms with E-state index in [-0.39, 0.29) is 23.4 Å². The van der Waals surface area contributed by atoms with E-state index in [0.29, 0.717) is 25.0 Å². The lowest BCUT2D eigenvalue weighted by Gasteiger charge is -2.23. The van der Waals surface area contributed by atoms with Gasteiger partial charge in [0.05, 0.1) is 12.2 Å². The van der Waals surface area contributed by atoms with E-state index in [0.717, 1.165) is 11.3 Å². The van der Waals surface area contributed by atoms with E-state index >= 15 is 0 Å². The lowest BCUT2D eigenvalue weighted by molar-refractivity contribution is -0.148. The highest BCUT2D eigenvalue weighted by atomic mass is 32.1. The second-order valence-electron chi connectivity index (χ2n) is 3.84. The molecule has 1 aromatic heterocycles. The van der Waals surface area contributed by atoms with Crippen LogP contribution in [0.5, 0.6) is 0 Å². The highest BCUT2D eigenvalue weighted by Crippen LogP contribution is 2.17. The average Bonchev–Trinajstić information content (AvgIpc) is 2.81. The fraction of sp³-hybridized carbons (Fsp3) is 0.400. The van der Waals surface area contributed by atoms with Gasteiger partial charge in [0.15, 0.2) is 5.01 Å². The molecule has 0 unspecified atom stereocenters. The third-order valence-corrected chi connectivity index (χ3v) is 3.47. The highest BCUT2D eigenvalue weighted by Gasteiger charge is 2.26. The molecule has 0 radical (unpaired) electrons. The van der Waals surface area contributed by atoms with E-state index in [4.69, 9.17) is 5.84 Å². The molecule has 18 heavy (non-hydrogen) atoms. The molecule has 0 bridgehead atoms. The molecule has 3 N–H and O–H groups in total. The van der Waals surface area contributed by atoms with Gasteiger partial charge in [0.25, 0.3) is 5.91 Å². The van der Waals surface area contributed by atoms with Crippen LogP contribution in [-0.4, -0.2) is 27.6 Å². The van der Waals surface area contributed by atoms with Gasteiger partial charge >= 0.3 is 0 Å². The van der Waals surface area contributed by atoms with Crippen molar-refractivity contribution in [2.24, 2.45) is 5.84 Å². The van der Waals surface area contributed by atoms with Gasteiger partial charge in [-0.05, 0) is 6.42 Å². The van der Waals surface area contributed by atoms with Crippen molar-refractivity contribution in [2.75, 3.05) is 0 Å². The maximum Gasteiger partial charge on any atom is 0.294 e. The Kier molecular flexibility index (Phi) is 3.68. The van der Waals surface area contributed by atoms with Crippen LogP contribution >= 0.6 is 11.3 Å². The Balaban J connectivity index is 2.09. The van der Waals surface area contributed by atoms with Crippen LogP contribution in [0.3, 0.4) is 0 Å². The van der Waals surface area contributed by atoms with Gasteiger partial charge in [-0.2, -0.15) is 0 Å². The van der Waals surface area contributed by atoms with E-state index in [1.54, 1.807) is 5.38 Å². The first-order valence-corrected chi connectivity index (χ1v) is 6.28. The van der Waals surface area contributed by atoms with Crippen LogP contribution in [-0.2, 0) is 16.1 Å². The molecule has 0 aliphatic carbocycles. The fourth-order valence-electron chi connectivity index (χ4n) is 1.68. The van der Waals surface area contributed by atoms with Gasteiger partial charge in [-0.15, -0.1) is 11.3 Å². The second kappa shape index (κ2) is 5.23. The number of carbonyl (C=O) groups excluding carboxylic acids is 3. The van der Waals surface area contributed by atoms with Crippen LogP contribution < -0.4 is 11.3 Å². The summed E-state index contributed by atoms with van der Waals surface area (Å²) in [5.74, 6) is 4.13. The van der Waals surface area contributed by atoms with Gasteiger partial charge in [-0.3, -0.25) is 24.7 Å². The summed E-state index contributed by atoms with van der Waals surface area (Å²) < 4.78 is 0. The lowest BCUT2D eigenvalue weighted by Crippen LogP contribution is -2.39. The fourth-order valence-corrected chi connectivity index (χ4v) is 2.39. The number of likely N-dealkylation sites (tertiary alicyclic amines) is 1. The summed E-state index contributed by atoms with van der Waals surface area (Å²) in [5.41, 5.74) is 2.49. The quantitative estimate of drug-likeness (QED) is 0.341. The number of imide groups is 1. The first kappa shape index (κ1) is 12.7. The number of nitrogens with two attached hydrogens (primary N) is 1. The number of amides is 3. The predicted octanol–water partition coefficient (Wildman–Crippen LogP) is -0.214. The van der Waals surface area contributed by atoms with Crippen molar-refractivity contribution in [3.8, 4) is 0 Å². The van der Waals surface area contributed by atoms with Crippen molar-refractivity contribution >= 4 is 29.1 Å². The summed E-state index contributed by atoms with van der Waals surface area (Å²) >= 11 is 1.12. The Bertz CT molecular complexity index is 483. The Morgan fingerprint density at radius 3 is 2.72 bits per heavy atom. The minimum atomic E-state index is -0.484. The van der Waals surface area contributed by atoms with Gasteiger partial charge in [0.1, 0.15) is 0 Å². The van der Waals surface area contributed by atoms with Crippen molar-refractivity contribution in [1.82, 2.24) is 15.3 Å². The van der Waals surface area contributed by atoms with Gasteiger partial charge in [-0.25, -0.2) is 10.8 Å². The van der Waals surface area contributed by atoms with Crippen LogP contribution in [0.1, 0.15) is 34.8 Å². The number of piperidine rings is 1. The van der Waals surface area contributed by atoms with Gasteiger partial charge < -0.3 is 0 Å². The van der Waals surface area contributed by atoms with Crippen molar-refractivity contribution in [1.29, 1.82) is 0 Å². The molecule has 1 aliphatic heterocycles. The molecular weight excluding hydrogens is 256 g/mol. The third-order valence-electron chi connectivity index (χ3n) is 2.58. The van der Waals surface area contributed by atoms with E-state index < -0.39 is 5.91 Å². The lowest BCUT2D eigenvalue weighted by atomic mass is 10.1. The first-order valence-electron chi connectivity index (χ1n) is 5.40. The molecule has 1 aromatic rings. The summed E-state index contributed by atoms with van der Waals surface area (Å²) in [6, 6.07) is 0. The summed E-state index contributed by atoms with van der Waals surface area (Å²) in [4.78, 5) is 39.6. The van der Waals surface area contributed by atoms with E-state index in [2.05, 4.69) is 4.98 Å². The molecule has 1 aliphatic rings. The number of rotatable bonds is 3. The average molecular weight is 268 g/mol. The number of hydrogen-bond acceptors (Lipinski definition) is 6. The minimum Gasteiger partial charge on any atom is -0.288 e. The van der Waals surface area contributed by atoms with Crippen molar-refractivity contribution in [2.45, 2.75) is 25.8 Å². The maximum atomic E-state index is 11.6. The number of hydrazine groups is 1.